The summed E-state index contributed by atoms with van der Waals surface area (Å²) in [6, 6.07) is 83.0. The molecule has 3 heterocycles. The summed E-state index contributed by atoms with van der Waals surface area (Å²) >= 11 is 0. The highest BCUT2D eigenvalue weighted by molar-refractivity contribution is 6.15. The van der Waals surface area contributed by atoms with Gasteiger partial charge in [0.25, 0.3) is 0 Å². The highest BCUT2D eigenvalue weighted by atomic mass is 15.0. The molecule has 1 aliphatic rings. The molecule has 0 fully saturated rings. The first-order valence-electron chi connectivity index (χ1n) is 21.8. The number of hydrogen-bond donors (Lipinski definition) is 0. The highest BCUT2D eigenvalue weighted by Gasteiger charge is 2.28. The third-order valence-corrected chi connectivity index (χ3v) is 13.6. The molecule has 0 saturated heterocycles. The van der Waals surface area contributed by atoms with E-state index in [1.165, 1.54) is 116 Å². The molecule has 0 atom stereocenters. The van der Waals surface area contributed by atoms with Gasteiger partial charge in [0.15, 0.2) is 0 Å². The van der Waals surface area contributed by atoms with Crippen molar-refractivity contribution in [2.24, 2.45) is 0 Å². The van der Waals surface area contributed by atoms with Crippen LogP contribution in [0.25, 0.3) is 127 Å². The molecule has 3 nitrogen and oxygen atoms in total. The first-order valence-corrected chi connectivity index (χ1v) is 21.8. The predicted molar refractivity (Wildman–Crippen MR) is 265 cm³/mol. The van der Waals surface area contributed by atoms with E-state index in [0.29, 0.717) is 0 Å². The Morgan fingerprint density at radius 3 is 0.952 bits per heavy atom. The van der Waals surface area contributed by atoms with Crippen LogP contribution in [0.1, 0.15) is 0 Å². The molecular formula is C60H37N3. The monoisotopic (exact) mass is 799 g/mol. The summed E-state index contributed by atoms with van der Waals surface area (Å²) in [7, 11) is 0. The average molecular weight is 800 g/mol. The SMILES string of the molecule is c1ccc2c(c1)-c1cccc(-n3c4ccccc4c4ccccc43)c1-c1ccccc1-c1c-2cccc1-n1c2ccccc2c2cc(-n3c4ccccc4c4ccccc43)ccc21. The summed E-state index contributed by atoms with van der Waals surface area (Å²) < 4.78 is 7.42. The third-order valence-electron chi connectivity index (χ3n) is 13.6. The Morgan fingerprint density at radius 2 is 0.524 bits per heavy atom. The maximum Gasteiger partial charge on any atom is 0.0547 e. The molecule has 3 aromatic heterocycles. The standard InChI is InChI=1S/C60H37N3/c1-2-18-40-39(17-1)46-26-15-33-57(62-53-30-12-7-21-43(53)44-22-8-13-31-54(44)62)59(46)48-24-3-4-25-49(48)60-47(40)27-16-34-58(60)63-55-32-14-9-23-45(55)50-37-38(35-36-56(50)63)61-51-28-10-5-19-41(51)42-20-6-11-29-52(42)61/h1-37H. The zero-order valence-electron chi connectivity index (χ0n) is 34.2. The predicted octanol–water partition coefficient (Wildman–Crippen LogP) is 16.0. The van der Waals surface area contributed by atoms with Crippen molar-refractivity contribution in [2.75, 3.05) is 0 Å². The van der Waals surface area contributed by atoms with Crippen molar-refractivity contribution in [3.8, 4) is 61.6 Å². The van der Waals surface area contributed by atoms with E-state index in [9.17, 15) is 0 Å². The van der Waals surface area contributed by atoms with Gasteiger partial charge in [-0.05, 0) is 94.0 Å². The van der Waals surface area contributed by atoms with Gasteiger partial charge in [0.1, 0.15) is 0 Å². The molecule has 63 heavy (non-hydrogen) atoms. The Morgan fingerprint density at radius 1 is 0.206 bits per heavy atom. The minimum atomic E-state index is 1.15. The average Bonchev–Trinajstić information content (AvgIpc) is 3.99. The van der Waals surface area contributed by atoms with Crippen LogP contribution in [-0.2, 0) is 0 Å². The number of aromatic nitrogens is 3. The van der Waals surface area contributed by atoms with Crippen LogP contribution in [0.15, 0.2) is 224 Å². The van der Waals surface area contributed by atoms with E-state index >= 15 is 0 Å². The minimum absolute atomic E-state index is 1.15. The number of nitrogens with zero attached hydrogens (tertiary/aromatic N) is 3. The Kier molecular flexibility index (Phi) is 7.11. The second-order valence-electron chi connectivity index (χ2n) is 16.8. The second kappa shape index (κ2) is 13.1. The lowest BCUT2D eigenvalue weighted by Crippen LogP contribution is -2.05. The molecule has 0 spiro atoms. The van der Waals surface area contributed by atoms with Gasteiger partial charge >= 0.3 is 0 Å². The Balaban J connectivity index is 1.07. The topological polar surface area (TPSA) is 14.8 Å². The van der Waals surface area contributed by atoms with Gasteiger partial charge in [-0.15, -0.1) is 0 Å². The van der Waals surface area contributed by atoms with Gasteiger partial charge in [0, 0.05) is 49.1 Å². The van der Waals surface area contributed by atoms with E-state index in [-0.39, 0.29) is 0 Å². The first kappa shape index (κ1) is 34.3. The van der Waals surface area contributed by atoms with Gasteiger partial charge in [-0.3, -0.25) is 0 Å². The number of rotatable bonds is 3. The van der Waals surface area contributed by atoms with Crippen LogP contribution >= 0.6 is 0 Å². The zero-order chi connectivity index (χ0) is 41.2. The lowest BCUT2D eigenvalue weighted by Gasteiger charge is -2.27. The Labute approximate surface area is 363 Å². The quantitative estimate of drug-likeness (QED) is 0.169. The fourth-order valence-corrected chi connectivity index (χ4v) is 11.1. The smallest absolute Gasteiger partial charge is 0.0547 e. The molecule has 0 unspecified atom stereocenters. The van der Waals surface area contributed by atoms with E-state index in [2.05, 4.69) is 238 Å². The molecule has 0 N–H and O–H groups in total. The van der Waals surface area contributed by atoms with Crippen LogP contribution in [0.5, 0.6) is 0 Å². The van der Waals surface area contributed by atoms with Crippen LogP contribution in [0.3, 0.4) is 0 Å². The second-order valence-corrected chi connectivity index (χ2v) is 16.8. The first-order chi connectivity index (χ1) is 31.3. The fraction of sp³-hybridized carbons (Fsp3) is 0. The van der Waals surface area contributed by atoms with Crippen LogP contribution in [-0.4, -0.2) is 13.7 Å². The minimum Gasteiger partial charge on any atom is -0.309 e. The number of hydrogen-bond acceptors (Lipinski definition) is 0. The molecule has 0 saturated carbocycles. The van der Waals surface area contributed by atoms with Gasteiger partial charge < -0.3 is 13.7 Å². The fourth-order valence-electron chi connectivity index (χ4n) is 11.1. The maximum absolute atomic E-state index is 2.51. The summed E-state index contributed by atoms with van der Waals surface area (Å²) in [5.41, 5.74) is 20.4. The molecular weight excluding hydrogens is 763 g/mol. The molecule has 3 heteroatoms. The molecule has 292 valence electrons. The highest BCUT2D eigenvalue weighted by Crippen LogP contribution is 2.52. The van der Waals surface area contributed by atoms with Crippen LogP contribution in [0.2, 0.25) is 0 Å². The van der Waals surface area contributed by atoms with E-state index in [0.717, 1.165) is 11.4 Å². The maximum atomic E-state index is 2.51. The van der Waals surface area contributed by atoms with Crippen molar-refractivity contribution in [3.63, 3.8) is 0 Å². The number of fused-ring (bicyclic) bond motifs is 17. The Hall–Kier alpha value is -8.40. The van der Waals surface area contributed by atoms with Crippen molar-refractivity contribution >= 4 is 65.4 Å². The normalized spacial score (nSPS) is 12.1. The van der Waals surface area contributed by atoms with Gasteiger partial charge in [0.05, 0.1) is 44.5 Å². The molecule has 0 aliphatic heterocycles. The lowest BCUT2D eigenvalue weighted by molar-refractivity contribution is 1.16. The summed E-state index contributed by atoms with van der Waals surface area (Å²) in [6.07, 6.45) is 0. The molecule has 0 radical (unpaired) electrons. The summed E-state index contributed by atoms with van der Waals surface area (Å²) in [5.74, 6) is 0. The molecule has 10 aromatic carbocycles. The summed E-state index contributed by atoms with van der Waals surface area (Å²) in [4.78, 5) is 0. The van der Waals surface area contributed by atoms with E-state index in [1.54, 1.807) is 0 Å². The molecule has 0 bridgehead atoms. The van der Waals surface area contributed by atoms with Crippen molar-refractivity contribution < 1.29 is 0 Å². The van der Waals surface area contributed by atoms with Crippen molar-refractivity contribution in [1.82, 2.24) is 13.7 Å². The zero-order valence-corrected chi connectivity index (χ0v) is 34.2. The van der Waals surface area contributed by atoms with E-state index in [1.807, 2.05) is 0 Å². The van der Waals surface area contributed by atoms with E-state index in [4.69, 9.17) is 0 Å². The molecule has 0 amide bonds. The lowest BCUT2D eigenvalue weighted by atomic mass is 9.79. The van der Waals surface area contributed by atoms with Crippen LogP contribution in [0, 0.1) is 0 Å². The third kappa shape index (κ3) is 4.74. The van der Waals surface area contributed by atoms with Crippen LogP contribution < -0.4 is 0 Å². The molecule has 14 rings (SSSR count). The summed E-state index contributed by atoms with van der Waals surface area (Å²) in [5, 5.41) is 7.49. The van der Waals surface area contributed by atoms with Gasteiger partial charge in [0.2, 0.25) is 0 Å². The van der Waals surface area contributed by atoms with E-state index < -0.39 is 0 Å². The van der Waals surface area contributed by atoms with Crippen molar-refractivity contribution in [1.29, 1.82) is 0 Å². The van der Waals surface area contributed by atoms with Crippen molar-refractivity contribution in [2.45, 2.75) is 0 Å². The van der Waals surface area contributed by atoms with Crippen LogP contribution in [0.4, 0.5) is 0 Å². The Bertz CT molecular complexity index is 3930. The number of benzene rings is 10. The molecule has 1 aliphatic carbocycles. The number of para-hydroxylation sites is 5. The van der Waals surface area contributed by atoms with Gasteiger partial charge in [-0.2, -0.15) is 0 Å². The van der Waals surface area contributed by atoms with Gasteiger partial charge in [-0.25, -0.2) is 0 Å². The summed E-state index contributed by atoms with van der Waals surface area (Å²) in [6.45, 7) is 0. The largest absolute Gasteiger partial charge is 0.309 e. The van der Waals surface area contributed by atoms with Gasteiger partial charge in [-0.1, -0.05) is 164 Å². The van der Waals surface area contributed by atoms with Crippen molar-refractivity contribution in [3.05, 3.63) is 224 Å². The molecule has 13 aromatic rings.